The van der Waals surface area contributed by atoms with Gasteiger partial charge in [0.1, 0.15) is 5.00 Å². The quantitative estimate of drug-likeness (QED) is 0.620. The molecule has 0 fully saturated rings. The SMILES string of the molecule is CC(C)S(=O)(=O)c1ccc(C(=O)Nc2sc(-c3ccccc3)cc2C(N)=O)cc1. The fourth-order valence-corrected chi connectivity index (χ4v) is 4.78. The largest absolute Gasteiger partial charge is 0.366 e. The van der Waals surface area contributed by atoms with E-state index in [9.17, 15) is 18.0 Å². The van der Waals surface area contributed by atoms with Crippen molar-refractivity contribution in [3.8, 4) is 10.4 Å². The Bertz CT molecular complexity index is 1150. The molecule has 0 aliphatic rings. The van der Waals surface area contributed by atoms with E-state index in [1.54, 1.807) is 19.9 Å². The normalized spacial score (nSPS) is 11.4. The molecule has 0 radical (unpaired) electrons. The zero-order chi connectivity index (χ0) is 21.2. The van der Waals surface area contributed by atoms with Crippen LogP contribution in [0.2, 0.25) is 0 Å². The third kappa shape index (κ3) is 4.38. The van der Waals surface area contributed by atoms with Gasteiger partial charge in [-0.25, -0.2) is 8.42 Å². The number of thiophene rings is 1. The molecule has 0 spiro atoms. The van der Waals surface area contributed by atoms with Crippen molar-refractivity contribution in [2.75, 3.05) is 5.32 Å². The molecule has 0 aliphatic carbocycles. The van der Waals surface area contributed by atoms with Crippen LogP contribution < -0.4 is 11.1 Å². The van der Waals surface area contributed by atoms with Gasteiger partial charge in [-0.1, -0.05) is 30.3 Å². The fraction of sp³-hybridized carbons (Fsp3) is 0.143. The molecule has 1 aromatic heterocycles. The van der Waals surface area contributed by atoms with Gasteiger partial charge in [0.25, 0.3) is 11.8 Å². The molecule has 29 heavy (non-hydrogen) atoms. The minimum Gasteiger partial charge on any atom is -0.366 e. The number of anilines is 1. The second-order valence-electron chi connectivity index (χ2n) is 6.66. The predicted octanol–water partition coefficient (Wildman–Crippen LogP) is 3.95. The highest BCUT2D eigenvalue weighted by Crippen LogP contribution is 2.35. The summed E-state index contributed by atoms with van der Waals surface area (Å²) in [5.74, 6) is -1.10. The van der Waals surface area contributed by atoms with Crippen molar-refractivity contribution < 1.29 is 18.0 Å². The summed E-state index contributed by atoms with van der Waals surface area (Å²) in [4.78, 5) is 25.4. The molecular formula is C21H20N2O4S2. The van der Waals surface area contributed by atoms with Crippen molar-refractivity contribution in [1.82, 2.24) is 0 Å². The Morgan fingerprint density at radius 3 is 2.17 bits per heavy atom. The van der Waals surface area contributed by atoms with Crippen LogP contribution in [0.1, 0.15) is 34.6 Å². The van der Waals surface area contributed by atoms with Crippen molar-refractivity contribution in [3.05, 3.63) is 71.8 Å². The molecule has 8 heteroatoms. The van der Waals surface area contributed by atoms with Crippen LogP contribution in [0, 0.1) is 0 Å². The Morgan fingerprint density at radius 2 is 1.62 bits per heavy atom. The van der Waals surface area contributed by atoms with Crippen molar-refractivity contribution >= 4 is 38.0 Å². The van der Waals surface area contributed by atoms with Crippen LogP contribution in [0.3, 0.4) is 0 Å². The zero-order valence-electron chi connectivity index (χ0n) is 15.9. The highest BCUT2D eigenvalue weighted by Gasteiger charge is 2.21. The monoisotopic (exact) mass is 428 g/mol. The van der Waals surface area contributed by atoms with Crippen LogP contribution in [-0.2, 0) is 9.84 Å². The zero-order valence-corrected chi connectivity index (χ0v) is 17.5. The average Bonchev–Trinajstić information content (AvgIpc) is 3.12. The number of amides is 2. The van der Waals surface area contributed by atoms with E-state index in [4.69, 9.17) is 5.73 Å². The van der Waals surface area contributed by atoms with Crippen LogP contribution in [0.5, 0.6) is 0 Å². The van der Waals surface area contributed by atoms with Crippen LogP contribution in [0.25, 0.3) is 10.4 Å². The second kappa shape index (κ2) is 8.18. The number of carbonyl (C=O) groups is 2. The van der Waals surface area contributed by atoms with E-state index in [0.29, 0.717) is 5.00 Å². The van der Waals surface area contributed by atoms with Gasteiger partial charge in [-0.2, -0.15) is 0 Å². The lowest BCUT2D eigenvalue weighted by Crippen LogP contribution is -2.17. The molecule has 0 saturated heterocycles. The highest BCUT2D eigenvalue weighted by molar-refractivity contribution is 7.92. The second-order valence-corrected chi connectivity index (χ2v) is 10.2. The Morgan fingerprint density at radius 1 is 1.00 bits per heavy atom. The van der Waals surface area contributed by atoms with Gasteiger partial charge in [-0.05, 0) is 49.7 Å². The third-order valence-corrected chi connectivity index (χ3v) is 7.62. The number of primary amides is 1. The van der Waals surface area contributed by atoms with E-state index in [-0.39, 0.29) is 16.0 Å². The first-order valence-electron chi connectivity index (χ1n) is 8.84. The first kappa shape index (κ1) is 20.8. The molecule has 0 unspecified atom stereocenters. The van der Waals surface area contributed by atoms with Crippen LogP contribution >= 0.6 is 11.3 Å². The lowest BCUT2D eigenvalue weighted by molar-refractivity contribution is 0.100. The summed E-state index contributed by atoms with van der Waals surface area (Å²) in [6.45, 7) is 3.20. The molecule has 6 nitrogen and oxygen atoms in total. The lowest BCUT2D eigenvalue weighted by Gasteiger charge is -2.09. The summed E-state index contributed by atoms with van der Waals surface area (Å²) in [5, 5.41) is 2.50. The number of nitrogens with two attached hydrogens (primary N) is 1. The van der Waals surface area contributed by atoms with Gasteiger partial charge in [0.15, 0.2) is 9.84 Å². The van der Waals surface area contributed by atoms with Crippen LogP contribution in [0.15, 0.2) is 65.6 Å². The summed E-state index contributed by atoms with van der Waals surface area (Å²) in [7, 11) is -3.41. The molecule has 3 N–H and O–H groups in total. The van der Waals surface area contributed by atoms with Gasteiger partial charge < -0.3 is 11.1 Å². The number of hydrogen-bond acceptors (Lipinski definition) is 5. The molecule has 2 aromatic carbocycles. The van der Waals surface area contributed by atoms with Crippen LogP contribution in [-0.4, -0.2) is 25.5 Å². The number of benzene rings is 2. The van der Waals surface area contributed by atoms with Gasteiger partial charge >= 0.3 is 0 Å². The Labute approximate surface area is 173 Å². The van der Waals surface area contributed by atoms with Crippen molar-refractivity contribution in [1.29, 1.82) is 0 Å². The molecule has 0 atom stereocenters. The molecule has 150 valence electrons. The molecule has 0 aliphatic heterocycles. The van der Waals surface area contributed by atoms with Gasteiger partial charge in [-0.3, -0.25) is 9.59 Å². The number of hydrogen-bond donors (Lipinski definition) is 2. The summed E-state index contributed by atoms with van der Waals surface area (Å²) in [5.41, 5.74) is 6.87. The summed E-state index contributed by atoms with van der Waals surface area (Å²) in [6, 6.07) is 16.8. The van der Waals surface area contributed by atoms with E-state index >= 15 is 0 Å². The molecular weight excluding hydrogens is 408 g/mol. The summed E-state index contributed by atoms with van der Waals surface area (Å²) >= 11 is 1.25. The average molecular weight is 429 g/mol. The molecule has 0 bridgehead atoms. The van der Waals surface area contributed by atoms with E-state index in [2.05, 4.69) is 5.32 Å². The number of carbonyl (C=O) groups excluding carboxylic acids is 2. The minimum absolute atomic E-state index is 0.157. The van der Waals surface area contributed by atoms with Gasteiger partial charge in [0, 0.05) is 10.4 Å². The van der Waals surface area contributed by atoms with Crippen molar-refractivity contribution in [3.63, 3.8) is 0 Å². The smallest absolute Gasteiger partial charge is 0.256 e. The highest BCUT2D eigenvalue weighted by atomic mass is 32.2. The number of rotatable bonds is 6. The van der Waals surface area contributed by atoms with Crippen LogP contribution in [0.4, 0.5) is 5.00 Å². The minimum atomic E-state index is -3.41. The molecule has 0 saturated carbocycles. The molecule has 1 heterocycles. The number of nitrogens with one attached hydrogen (secondary N) is 1. The molecule has 3 rings (SSSR count). The molecule has 3 aromatic rings. The fourth-order valence-electron chi connectivity index (χ4n) is 2.66. The first-order chi connectivity index (χ1) is 13.7. The maximum atomic E-state index is 12.6. The van der Waals surface area contributed by atoms with E-state index in [0.717, 1.165) is 10.4 Å². The predicted molar refractivity (Wildman–Crippen MR) is 115 cm³/mol. The standard InChI is InChI=1S/C21H20N2O4S2/c1-13(2)29(26,27)16-10-8-15(9-11-16)20(25)23-21-17(19(22)24)12-18(28-21)14-6-4-3-5-7-14/h3-13H,1-2H3,(H2,22,24)(H,23,25). The first-order valence-corrected chi connectivity index (χ1v) is 11.2. The maximum Gasteiger partial charge on any atom is 0.256 e. The van der Waals surface area contributed by atoms with Crippen molar-refractivity contribution in [2.24, 2.45) is 5.73 Å². The van der Waals surface area contributed by atoms with E-state index in [1.165, 1.54) is 35.6 Å². The summed E-state index contributed by atoms with van der Waals surface area (Å²) < 4.78 is 24.4. The topological polar surface area (TPSA) is 106 Å². The lowest BCUT2D eigenvalue weighted by atomic mass is 10.1. The van der Waals surface area contributed by atoms with Gasteiger partial charge in [0.2, 0.25) is 0 Å². The van der Waals surface area contributed by atoms with Gasteiger partial charge in [0.05, 0.1) is 15.7 Å². The van der Waals surface area contributed by atoms with Gasteiger partial charge in [-0.15, -0.1) is 11.3 Å². The third-order valence-electron chi connectivity index (χ3n) is 4.35. The van der Waals surface area contributed by atoms with Crippen molar-refractivity contribution in [2.45, 2.75) is 24.0 Å². The Kier molecular flexibility index (Phi) is 5.86. The maximum absolute atomic E-state index is 12.6. The summed E-state index contributed by atoms with van der Waals surface area (Å²) in [6.07, 6.45) is 0. The van der Waals surface area contributed by atoms with E-state index < -0.39 is 26.9 Å². The number of sulfone groups is 1. The molecule has 2 amide bonds. The van der Waals surface area contributed by atoms with E-state index in [1.807, 2.05) is 30.3 Å². The Hall–Kier alpha value is -2.97. The Balaban J connectivity index is 1.87.